The molecule has 0 aliphatic rings. The molecule has 0 saturated carbocycles. The molecule has 0 atom stereocenters. The zero-order valence-corrected chi connectivity index (χ0v) is 16.1. The Kier molecular flexibility index (Phi) is 6.54. The summed E-state index contributed by atoms with van der Waals surface area (Å²) in [6.07, 6.45) is 0.567. The predicted molar refractivity (Wildman–Crippen MR) is 108 cm³/mol. The second kappa shape index (κ2) is 9.47. The molecule has 0 aliphatic carbocycles. The molecular formula is C19H14F3N9O. The van der Waals surface area contributed by atoms with Crippen LogP contribution in [0.5, 0.6) is 0 Å². The van der Waals surface area contributed by atoms with Gasteiger partial charge in [0, 0.05) is 12.4 Å². The topological polar surface area (TPSA) is 145 Å². The van der Waals surface area contributed by atoms with Gasteiger partial charge in [0.25, 0.3) is 5.91 Å². The minimum atomic E-state index is -4.85. The van der Waals surface area contributed by atoms with E-state index in [1.54, 1.807) is 18.2 Å². The predicted octanol–water partition coefficient (Wildman–Crippen LogP) is 2.91. The molecule has 0 aliphatic heterocycles. The molecule has 0 bridgehead atoms. The summed E-state index contributed by atoms with van der Waals surface area (Å²) in [4.78, 5) is 20.5. The molecular weight excluding hydrogens is 427 g/mol. The van der Waals surface area contributed by atoms with Crippen LogP contribution in [0.1, 0.15) is 27.3 Å². The summed E-state index contributed by atoms with van der Waals surface area (Å²) >= 11 is 0. The third-order valence-electron chi connectivity index (χ3n) is 3.98. The number of halogens is 3. The number of rotatable bonds is 7. The quantitative estimate of drug-likeness (QED) is 0.380. The van der Waals surface area contributed by atoms with Crippen LogP contribution in [0.4, 0.5) is 24.7 Å². The van der Waals surface area contributed by atoms with E-state index in [0.717, 1.165) is 24.8 Å². The fourth-order valence-corrected chi connectivity index (χ4v) is 2.66. The smallest absolute Gasteiger partial charge is 0.320 e. The largest absolute Gasteiger partial charge is 0.433 e. The Bertz CT molecular complexity index is 1200. The normalized spacial score (nSPS) is 11.2. The van der Waals surface area contributed by atoms with Gasteiger partial charge in [-0.05, 0) is 18.2 Å². The van der Waals surface area contributed by atoms with Crippen LogP contribution in [-0.4, -0.2) is 38.1 Å². The first-order chi connectivity index (χ1) is 15.3. The molecule has 13 heteroatoms. The summed E-state index contributed by atoms with van der Waals surface area (Å²) in [5, 5.41) is 25.7. The Hall–Kier alpha value is -4.60. The second-order valence-electron chi connectivity index (χ2n) is 6.13. The van der Waals surface area contributed by atoms with Crippen LogP contribution in [0.15, 0.2) is 48.0 Å². The number of pyridine rings is 2. The number of nitrogens with zero attached hydrogens (tertiary/aromatic N) is 6. The number of aromatic nitrogens is 4. The Morgan fingerprint density at radius 3 is 2.78 bits per heavy atom. The van der Waals surface area contributed by atoms with Crippen molar-refractivity contribution >= 4 is 29.8 Å². The van der Waals surface area contributed by atoms with E-state index in [2.05, 4.69) is 30.9 Å². The third-order valence-corrected chi connectivity index (χ3v) is 3.98. The molecule has 32 heavy (non-hydrogen) atoms. The lowest BCUT2D eigenvalue weighted by atomic mass is 10.2. The molecule has 0 unspecified atom stereocenters. The number of alkyl halides is 3. The standard InChI is InChI=1S/C19H14F3N9O/c20-19(21,22)16-15(10-28-31(16)11-13-3-1-2-5-25-13)18(32)29-14-7-12(8-24)17(26-9-14)30-27-6-4-23/h1-7,9-10,23H,11H2,(H,26,30)(H,29,32)/b23-4?,27-6-. The summed E-state index contributed by atoms with van der Waals surface area (Å²) < 4.78 is 41.8. The molecule has 3 rings (SSSR count). The highest BCUT2D eigenvalue weighted by Gasteiger charge is 2.40. The summed E-state index contributed by atoms with van der Waals surface area (Å²) in [6.45, 7) is -0.278. The van der Waals surface area contributed by atoms with Gasteiger partial charge in [-0.3, -0.25) is 19.9 Å². The van der Waals surface area contributed by atoms with Gasteiger partial charge in [-0.15, -0.1) is 0 Å². The number of nitriles is 1. The van der Waals surface area contributed by atoms with Crippen molar-refractivity contribution in [2.24, 2.45) is 5.10 Å². The van der Waals surface area contributed by atoms with E-state index in [1.165, 1.54) is 12.3 Å². The van der Waals surface area contributed by atoms with Crippen LogP contribution in [0, 0.1) is 16.7 Å². The van der Waals surface area contributed by atoms with Crippen LogP contribution in [-0.2, 0) is 12.7 Å². The monoisotopic (exact) mass is 441 g/mol. The molecule has 10 nitrogen and oxygen atoms in total. The van der Waals surface area contributed by atoms with E-state index in [9.17, 15) is 23.2 Å². The Morgan fingerprint density at radius 1 is 1.31 bits per heavy atom. The number of hydrogen-bond acceptors (Lipinski definition) is 8. The first-order valence-electron chi connectivity index (χ1n) is 8.86. The lowest BCUT2D eigenvalue weighted by Gasteiger charge is -2.13. The van der Waals surface area contributed by atoms with E-state index < -0.39 is 23.3 Å². The molecule has 3 N–H and O–H groups in total. The first kappa shape index (κ1) is 22.1. The maximum Gasteiger partial charge on any atom is 0.433 e. The maximum absolute atomic E-state index is 13.7. The van der Waals surface area contributed by atoms with Gasteiger partial charge in [0.05, 0.1) is 47.7 Å². The lowest BCUT2D eigenvalue weighted by Crippen LogP contribution is -2.22. The van der Waals surface area contributed by atoms with Crippen molar-refractivity contribution in [2.75, 3.05) is 10.7 Å². The number of nitrogens with one attached hydrogen (secondary N) is 3. The van der Waals surface area contributed by atoms with Crippen molar-refractivity contribution in [2.45, 2.75) is 12.7 Å². The highest BCUT2D eigenvalue weighted by Crippen LogP contribution is 2.33. The van der Waals surface area contributed by atoms with E-state index in [-0.39, 0.29) is 23.6 Å². The Labute approximate surface area is 178 Å². The van der Waals surface area contributed by atoms with Gasteiger partial charge in [-0.1, -0.05) is 6.07 Å². The average Bonchev–Trinajstić information content (AvgIpc) is 3.19. The molecule has 0 fully saturated rings. The van der Waals surface area contributed by atoms with Gasteiger partial charge in [-0.25, -0.2) is 4.98 Å². The van der Waals surface area contributed by atoms with Gasteiger partial charge in [0.15, 0.2) is 11.5 Å². The number of anilines is 2. The number of amides is 1. The Morgan fingerprint density at radius 2 is 2.12 bits per heavy atom. The van der Waals surface area contributed by atoms with Crippen molar-refractivity contribution in [3.05, 3.63) is 65.4 Å². The molecule has 162 valence electrons. The van der Waals surface area contributed by atoms with Crippen LogP contribution in [0.3, 0.4) is 0 Å². The summed E-state index contributed by atoms with van der Waals surface area (Å²) in [7, 11) is 0. The molecule has 0 spiro atoms. The second-order valence-corrected chi connectivity index (χ2v) is 6.13. The fraction of sp³-hybridized carbons (Fsp3) is 0.105. The maximum atomic E-state index is 13.7. The van der Waals surface area contributed by atoms with Gasteiger partial charge in [0.2, 0.25) is 0 Å². The zero-order chi connectivity index (χ0) is 23.1. The van der Waals surface area contributed by atoms with Gasteiger partial charge < -0.3 is 10.7 Å². The van der Waals surface area contributed by atoms with Crippen molar-refractivity contribution in [1.82, 2.24) is 19.7 Å². The lowest BCUT2D eigenvalue weighted by molar-refractivity contribution is -0.144. The zero-order valence-electron chi connectivity index (χ0n) is 16.1. The Balaban J connectivity index is 1.87. The average molecular weight is 441 g/mol. The molecule has 3 aromatic heterocycles. The van der Waals surface area contributed by atoms with Crippen LogP contribution >= 0.6 is 0 Å². The minimum Gasteiger partial charge on any atom is -0.320 e. The SMILES string of the molecule is N#Cc1cc(NC(=O)c2cnn(Cc3ccccn3)c2C(F)(F)F)cnc1N/N=C\C=N. The summed E-state index contributed by atoms with van der Waals surface area (Å²) in [5.41, 5.74) is 0.833. The van der Waals surface area contributed by atoms with E-state index in [0.29, 0.717) is 10.4 Å². The highest BCUT2D eigenvalue weighted by molar-refractivity contribution is 6.14. The first-order valence-corrected chi connectivity index (χ1v) is 8.86. The molecule has 3 heterocycles. The highest BCUT2D eigenvalue weighted by atomic mass is 19.4. The number of carbonyl (C=O) groups is 1. The molecule has 3 aromatic rings. The van der Waals surface area contributed by atoms with Gasteiger partial charge in [-0.2, -0.15) is 28.6 Å². The van der Waals surface area contributed by atoms with Crippen molar-refractivity contribution in [1.29, 1.82) is 10.7 Å². The van der Waals surface area contributed by atoms with Gasteiger partial charge in [0.1, 0.15) is 6.07 Å². The molecule has 0 radical (unpaired) electrons. The molecule has 0 aromatic carbocycles. The van der Waals surface area contributed by atoms with E-state index in [1.807, 2.05) is 6.07 Å². The van der Waals surface area contributed by atoms with E-state index >= 15 is 0 Å². The van der Waals surface area contributed by atoms with Crippen LogP contribution in [0.2, 0.25) is 0 Å². The minimum absolute atomic E-state index is 0.00117. The third kappa shape index (κ3) is 5.11. The number of hydrazone groups is 1. The summed E-state index contributed by atoms with van der Waals surface area (Å²) in [5.74, 6) is -1.03. The van der Waals surface area contributed by atoms with Crippen LogP contribution in [0.25, 0.3) is 0 Å². The fourth-order valence-electron chi connectivity index (χ4n) is 2.66. The number of carbonyl (C=O) groups excluding carboxylic acids is 1. The van der Waals surface area contributed by atoms with Crippen molar-refractivity contribution in [3.8, 4) is 6.07 Å². The van der Waals surface area contributed by atoms with E-state index in [4.69, 9.17) is 5.41 Å². The van der Waals surface area contributed by atoms with Crippen molar-refractivity contribution in [3.63, 3.8) is 0 Å². The van der Waals surface area contributed by atoms with Crippen LogP contribution < -0.4 is 10.7 Å². The summed E-state index contributed by atoms with van der Waals surface area (Å²) in [6, 6.07) is 7.85. The van der Waals surface area contributed by atoms with Crippen molar-refractivity contribution < 1.29 is 18.0 Å². The number of hydrogen-bond donors (Lipinski definition) is 3. The van der Waals surface area contributed by atoms with Gasteiger partial charge >= 0.3 is 6.18 Å². The molecule has 0 saturated heterocycles. The molecule has 1 amide bonds.